The maximum atomic E-state index is 12.1. The summed E-state index contributed by atoms with van der Waals surface area (Å²) in [5.41, 5.74) is 1.77. The number of ether oxygens (including phenoxy) is 2. The van der Waals surface area contributed by atoms with Crippen molar-refractivity contribution in [2.24, 2.45) is 0 Å². The van der Waals surface area contributed by atoms with Crippen LogP contribution >= 0.6 is 15.9 Å². The minimum Gasteiger partial charge on any atom is -0.493 e. The lowest BCUT2D eigenvalue weighted by molar-refractivity contribution is 0.0518. The van der Waals surface area contributed by atoms with Gasteiger partial charge in [0.1, 0.15) is 5.75 Å². The van der Waals surface area contributed by atoms with Gasteiger partial charge in [-0.05, 0) is 38.5 Å². The number of esters is 1. The van der Waals surface area contributed by atoms with Gasteiger partial charge in [-0.1, -0.05) is 29.3 Å². The van der Waals surface area contributed by atoms with E-state index in [9.17, 15) is 4.79 Å². The van der Waals surface area contributed by atoms with Crippen LogP contribution in [0.3, 0.4) is 0 Å². The predicted octanol–water partition coefficient (Wildman–Crippen LogP) is 4.66. The molecule has 0 radical (unpaired) electrons. The molecule has 2 rings (SSSR count). The smallest absolute Gasteiger partial charge is 0.357 e. The Morgan fingerprint density at radius 2 is 2.09 bits per heavy atom. The van der Waals surface area contributed by atoms with Crippen molar-refractivity contribution in [3.05, 3.63) is 33.9 Å². The molecule has 0 bridgehead atoms. The van der Waals surface area contributed by atoms with Crippen molar-refractivity contribution in [2.45, 2.75) is 33.6 Å². The molecule has 0 unspecified atom stereocenters. The zero-order valence-electron chi connectivity index (χ0n) is 13.1. The number of nitrogens with zero attached hydrogens (tertiary/aromatic N) is 1. The van der Waals surface area contributed by atoms with Crippen LogP contribution in [0, 0.1) is 6.92 Å². The fraction of sp³-hybridized carbons (Fsp3) is 0.412. The standard InChI is InChI=1S/C17H20BrNO3/c1-4-6-9-22-16-11(3)15(17(20)21-5-2)19-14-8-7-12(18)10-13(14)16/h7-8,10H,4-6,9H2,1-3H3. The molecule has 0 amide bonds. The largest absolute Gasteiger partial charge is 0.493 e. The van der Waals surface area contributed by atoms with Crippen molar-refractivity contribution in [3.63, 3.8) is 0 Å². The molecule has 0 aliphatic carbocycles. The molecule has 118 valence electrons. The van der Waals surface area contributed by atoms with Gasteiger partial charge in [0.25, 0.3) is 0 Å². The number of halogens is 1. The number of aromatic nitrogens is 1. The molecule has 0 saturated heterocycles. The van der Waals surface area contributed by atoms with Gasteiger partial charge in [-0.15, -0.1) is 0 Å². The van der Waals surface area contributed by atoms with Crippen LogP contribution in [-0.4, -0.2) is 24.2 Å². The second-order valence-corrected chi connectivity index (χ2v) is 5.91. The second-order valence-electron chi connectivity index (χ2n) is 5.00. The predicted molar refractivity (Wildman–Crippen MR) is 90.5 cm³/mol. The number of hydrogen-bond acceptors (Lipinski definition) is 4. The van der Waals surface area contributed by atoms with E-state index in [0.29, 0.717) is 24.7 Å². The Balaban J connectivity index is 2.56. The number of unbranched alkanes of at least 4 members (excludes halogenated alkanes) is 1. The summed E-state index contributed by atoms with van der Waals surface area (Å²) in [7, 11) is 0. The summed E-state index contributed by atoms with van der Waals surface area (Å²) in [6, 6.07) is 5.73. The van der Waals surface area contributed by atoms with Crippen LogP contribution in [0.5, 0.6) is 5.75 Å². The van der Waals surface area contributed by atoms with E-state index in [1.54, 1.807) is 6.92 Å². The third-order valence-corrected chi connectivity index (χ3v) is 3.84. The van der Waals surface area contributed by atoms with Crippen LogP contribution in [0.4, 0.5) is 0 Å². The molecule has 0 aliphatic rings. The normalized spacial score (nSPS) is 10.7. The molecule has 4 nitrogen and oxygen atoms in total. The number of hydrogen-bond donors (Lipinski definition) is 0. The van der Waals surface area contributed by atoms with Gasteiger partial charge in [0, 0.05) is 15.4 Å². The molecular weight excluding hydrogens is 346 g/mol. The summed E-state index contributed by atoms with van der Waals surface area (Å²) in [5.74, 6) is 0.299. The molecule has 0 aliphatic heterocycles. The molecule has 0 spiro atoms. The molecule has 1 aromatic carbocycles. The number of fused-ring (bicyclic) bond motifs is 1. The van der Waals surface area contributed by atoms with Crippen LogP contribution in [-0.2, 0) is 4.74 Å². The Hall–Kier alpha value is -1.62. The highest BCUT2D eigenvalue weighted by molar-refractivity contribution is 9.10. The van der Waals surface area contributed by atoms with Gasteiger partial charge in [0.05, 0.1) is 18.7 Å². The van der Waals surface area contributed by atoms with E-state index in [1.807, 2.05) is 25.1 Å². The number of carbonyl (C=O) groups excluding carboxylic acids is 1. The minimum absolute atomic E-state index is 0.322. The summed E-state index contributed by atoms with van der Waals surface area (Å²) in [6.07, 6.45) is 2.02. The minimum atomic E-state index is -0.412. The molecule has 5 heteroatoms. The number of pyridine rings is 1. The Labute approximate surface area is 139 Å². The quantitative estimate of drug-likeness (QED) is 0.551. The van der Waals surface area contributed by atoms with Crippen molar-refractivity contribution < 1.29 is 14.3 Å². The van der Waals surface area contributed by atoms with Crippen molar-refractivity contribution >= 4 is 32.8 Å². The Morgan fingerprint density at radius 1 is 1.32 bits per heavy atom. The van der Waals surface area contributed by atoms with Gasteiger partial charge in [0.15, 0.2) is 5.69 Å². The zero-order chi connectivity index (χ0) is 16.1. The fourth-order valence-electron chi connectivity index (χ4n) is 2.20. The fourth-order valence-corrected chi connectivity index (χ4v) is 2.57. The van der Waals surface area contributed by atoms with E-state index in [4.69, 9.17) is 9.47 Å². The first-order valence-electron chi connectivity index (χ1n) is 7.48. The Bertz CT molecular complexity index is 685. The average Bonchev–Trinajstić information content (AvgIpc) is 2.49. The first-order valence-corrected chi connectivity index (χ1v) is 8.27. The molecule has 1 aromatic heterocycles. The summed E-state index contributed by atoms with van der Waals surface area (Å²) in [6.45, 7) is 6.68. The monoisotopic (exact) mass is 365 g/mol. The maximum absolute atomic E-state index is 12.1. The van der Waals surface area contributed by atoms with Gasteiger partial charge in [0.2, 0.25) is 0 Å². The summed E-state index contributed by atoms with van der Waals surface area (Å²) >= 11 is 3.47. The highest BCUT2D eigenvalue weighted by Crippen LogP contribution is 2.32. The third-order valence-electron chi connectivity index (χ3n) is 3.34. The van der Waals surface area contributed by atoms with E-state index >= 15 is 0 Å². The zero-order valence-corrected chi connectivity index (χ0v) is 14.7. The van der Waals surface area contributed by atoms with Crippen molar-refractivity contribution in [3.8, 4) is 5.75 Å². The lowest BCUT2D eigenvalue weighted by Crippen LogP contribution is -2.11. The van der Waals surface area contributed by atoms with E-state index in [0.717, 1.165) is 33.8 Å². The van der Waals surface area contributed by atoms with Crippen LogP contribution < -0.4 is 4.74 Å². The summed E-state index contributed by atoms with van der Waals surface area (Å²) in [4.78, 5) is 16.6. The Morgan fingerprint density at radius 3 is 2.77 bits per heavy atom. The van der Waals surface area contributed by atoms with Gasteiger partial charge < -0.3 is 9.47 Å². The SMILES string of the molecule is CCCCOc1c(C)c(C(=O)OCC)nc2ccc(Br)cc12. The highest BCUT2D eigenvalue weighted by atomic mass is 79.9. The molecule has 22 heavy (non-hydrogen) atoms. The number of benzene rings is 1. The number of carbonyl (C=O) groups is 1. The molecule has 0 N–H and O–H groups in total. The molecule has 0 atom stereocenters. The highest BCUT2D eigenvalue weighted by Gasteiger charge is 2.19. The molecular formula is C17H20BrNO3. The van der Waals surface area contributed by atoms with Crippen molar-refractivity contribution in [1.82, 2.24) is 4.98 Å². The van der Waals surface area contributed by atoms with Gasteiger partial charge in [-0.25, -0.2) is 9.78 Å². The molecule has 0 saturated carbocycles. The number of rotatable bonds is 6. The summed E-state index contributed by atoms with van der Waals surface area (Å²) < 4.78 is 12.0. The van der Waals surface area contributed by atoms with E-state index in [-0.39, 0.29) is 0 Å². The van der Waals surface area contributed by atoms with Gasteiger partial charge in [-0.3, -0.25) is 0 Å². The van der Waals surface area contributed by atoms with Crippen LogP contribution in [0.15, 0.2) is 22.7 Å². The van der Waals surface area contributed by atoms with Gasteiger partial charge in [-0.2, -0.15) is 0 Å². The lowest BCUT2D eigenvalue weighted by atomic mass is 10.1. The van der Waals surface area contributed by atoms with E-state index < -0.39 is 5.97 Å². The van der Waals surface area contributed by atoms with Crippen molar-refractivity contribution in [1.29, 1.82) is 0 Å². The van der Waals surface area contributed by atoms with Gasteiger partial charge >= 0.3 is 5.97 Å². The van der Waals surface area contributed by atoms with Crippen molar-refractivity contribution in [2.75, 3.05) is 13.2 Å². The second kappa shape index (κ2) is 7.58. The van der Waals surface area contributed by atoms with Crippen LogP contribution in [0.2, 0.25) is 0 Å². The third kappa shape index (κ3) is 3.58. The molecule has 2 aromatic rings. The maximum Gasteiger partial charge on any atom is 0.357 e. The topological polar surface area (TPSA) is 48.4 Å². The molecule has 0 fully saturated rings. The first-order chi connectivity index (χ1) is 10.6. The molecule has 1 heterocycles. The Kier molecular flexibility index (Phi) is 5.77. The summed E-state index contributed by atoms with van der Waals surface area (Å²) in [5, 5.41) is 0.899. The van der Waals surface area contributed by atoms with E-state index in [2.05, 4.69) is 27.8 Å². The van der Waals surface area contributed by atoms with E-state index in [1.165, 1.54) is 0 Å². The van der Waals surface area contributed by atoms with Crippen LogP contribution in [0.25, 0.3) is 10.9 Å². The average molecular weight is 366 g/mol. The van der Waals surface area contributed by atoms with Crippen LogP contribution in [0.1, 0.15) is 42.7 Å². The first kappa shape index (κ1) is 16.7. The lowest BCUT2D eigenvalue weighted by Gasteiger charge is -2.15.